The van der Waals surface area contributed by atoms with Gasteiger partial charge in [0.25, 0.3) is 0 Å². The third-order valence-electron chi connectivity index (χ3n) is 4.50. The highest BCUT2D eigenvalue weighted by molar-refractivity contribution is 6.28. The van der Waals surface area contributed by atoms with E-state index in [4.69, 9.17) is 59.4 Å². The first-order valence-corrected chi connectivity index (χ1v) is 9.58. The number of aromatic nitrogens is 1. The number of hydrogen-bond acceptors (Lipinski definition) is 9. The number of carboxylic acid groups (broad SMARTS) is 6. The fraction of sp³-hybridized carbons (Fsp3) is 0.421. The summed E-state index contributed by atoms with van der Waals surface area (Å²) in [4.78, 5) is 61.3. The number of piperidine rings is 3. The fourth-order valence-corrected chi connectivity index (χ4v) is 2.95. The molecule has 0 aliphatic carbocycles. The van der Waals surface area contributed by atoms with Crippen molar-refractivity contribution in [3.05, 3.63) is 30.1 Å². The zero-order chi connectivity index (χ0) is 26.3. The van der Waals surface area contributed by atoms with Crippen LogP contribution in [-0.4, -0.2) is 102 Å². The molecular weight excluding hydrogens is 462 g/mol. The number of fused-ring (bicyclic) bond motifs is 3. The Morgan fingerprint density at radius 3 is 1.56 bits per heavy atom. The molecule has 3 aliphatic heterocycles. The topological polar surface area (TPSA) is 252 Å². The predicted octanol–water partition coefficient (Wildman–Crippen LogP) is -1.27. The molecule has 3 aliphatic rings. The first-order valence-electron chi connectivity index (χ1n) is 9.58. The van der Waals surface area contributed by atoms with E-state index in [0.717, 1.165) is 12.5 Å². The fourth-order valence-electron chi connectivity index (χ4n) is 2.95. The van der Waals surface area contributed by atoms with E-state index in [9.17, 15) is 0 Å². The maximum absolute atomic E-state index is 9.10. The summed E-state index contributed by atoms with van der Waals surface area (Å²) in [6.45, 7) is 4.83. The number of pyridine rings is 1. The Morgan fingerprint density at radius 1 is 0.824 bits per heavy atom. The Bertz CT molecular complexity index is 760. The maximum Gasteiger partial charge on any atom is 0.414 e. The van der Waals surface area contributed by atoms with Crippen molar-refractivity contribution in [2.75, 3.05) is 19.6 Å². The monoisotopic (exact) mass is 487 g/mol. The smallest absolute Gasteiger partial charge is 0.414 e. The molecule has 0 saturated carbocycles. The first kappa shape index (κ1) is 29.9. The highest BCUT2D eigenvalue weighted by Gasteiger charge is 2.33. The molecule has 0 aromatic carbocycles. The largest absolute Gasteiger partial charge is 0.473 e. The standard InChI is InChI=1S/C13H19N3.3C2H2O4/c1-2-11(8-14-5-1)9-15-13-10-16-6-3-12(13)4-7-16;3*3-1(4)2(5)6/h1-2,5,8,12-13,15H,3-4,6-7,9-10H2;3*(H,3,4)(H,5,6). The predicted molar refractivity (Wildman–Crippen MR) is 110 cm³/mol. The molecule has 34 heavy (non-hydrogen) atoms. The molecule has 188 valence electrons. The van der Waals surface area contributed by atoms with E-state index < -0.39 is 35.8 Å². The molecule has 4 heterocycles. The van der Waals surface area contributed by atoms with Crippen LogP contribution in [0.2, 0.25) is 0 Å². The number of carboxylic acids is 6. The van der Waals surface area contributed by atoms with Gasteiger partial charge in [0.15, 0.2) is 0 Å². The molecule has 15 heteroatoms. The summed E-state index contributed by atoms with van der Waals surface area (Å²) in [7, 11) is 0. The summed E-state index contributed by atoms with van der Waals surface area (Å²) in [6, 6.07) is 4.84. The first-order chi connectivity index (χ1) is 15.8. The molecule has 3 fully saturated rings. The molecule has 0 spiro atoms. The van der Waals surface area contributed by atoms with Crippen molar-refractivity contribution in [1.29, 1.82) is 0 Å². The van der Waals surface area contributed by atoms with Crippen LogP contribution in [-0.2, 0) is 35.3 Å². The van der Waals surface area contributed by atoms with E-state index in [1.54, 1.807) is 0 Å². The number of rotatable bonds is 3. The number of nitrogens with zero attached hydrogens (tertiary/aromatic N) is 2. The quantitative estimate of drug-likeness (QED) is 0.245. The molecule has 1 aromatic heterocycles. The van der Waals surface area contributed by atoms with Gasteiger partial charge in [0, 0.05) is 31.5 Å². The minimum Gasteiger partial charge on any atom is -0.473 e. The van der Waals surface area contributed by atoms with Crippen molar-refractivity contribution in [2.45, 2.75) is 25.4 Å². The highest BCUT2D eigenvalue weighted by Crippen LogP contribution is 2.27. The molecule has 1 atom stereocenters. The zero-order valence-corrected chi connectivity index (χ0v) is 17.7. The lowest BCUT2D eigenvalue weighted by Gasteiger charge is -2.45. The minimum absolute atomic E-state index is 0.697. The van der Waals surface area contributed by atoms with E-state index in [0.29, 0.717) is 6.04 Å². The van der Waals surface area contributed by atoms with Crippen LogP contribution in [0.1, 0.15) is 18.4 Å². The van der Waals surface area contributed by atoms with E-state index in [-0.39, 0.29) is 0 Å². The lowest BCUT2D eigenvalue weighted by atomic mass is 9.84. The van der Waals surface area contributed by atoms with Crippen LogP contribution in [0.25, 0.3) is 0 Å². The third kappa shape index (κ3) is 13.3. The van der Waals surface area contributed by atoms with Gasteiger partial charge in [-0.2, -0.15) is 0 Å². The minimum atomic E-state index is -1.82. The van der Waals surface area contributed by atoms with Crippen molar-refractivity contribution in [3.63, 3.8) is 0 Å². The molecule has 7 N–H and O–H groups in total. The Balaban J connectivity index is 0.000000507. The summed E-state index contributed by atoms with van der Waals surface area (Å²) >= 11 is 0. The lowest BCUT2D eigenvalue weighted by molar-refractivity contribution is -0.159. The van der Waals surface area contributed by atoms with Gasteiger partial charge in [-0.15, -0.1) is 0 Å². The van der Waals surface area contributed by atoms with Gasteiger partial charge >= 0.3 is 35.8 Å². The lowest BCUT2D eigenvalue weighted by Crippen LogP contribution is -2.55. The molecule has 4 rings (SSSR count). The number of aliphatic carboxylic acids is 6. The zero-order valence-electron chi connectivity index (χ0n) is 17.7. The van der Waals surface area contributed by atoms with Crippen LogP contribution in [0.4, 0.5) is 0 Å². The highest BCUT2D eigenvalue weighted by atomic mass is 16.5. The summed E-state index contributed by atoms with van der Waals surface area (Å²) in [5.74, 6) is -10.0. The second kappa shape index (κ2) is 15.7. The molecule has 1 aromatic rings. The SMILES string of the molecule is O=C(O)C(=O)O.O=C(O)C(=O)O.O=C(O)C(=O)O.c1cncc(CNC2CN3CCC2CC3)c1. The molecular formula is C19H25N3O12. The Hall–Kier alpha value is -4.11. The molecule has 3 saturated heterocycles. The van der Waals surface area contributed by atoms with Crippen LogP contribution < -0.4 is 5.32 Å². The van der Waals surface area contributed by atoms with Crippen molar-refractivity contribution >= 4 is 35.8 Å². The maximum atomic E-state index is 9.10. The van der Waals surface area contributed by atoms with Crippen molar-refractivity contribution in [1.82, 2.24) is 15.2 Å². The van der Waals surface area contributed by atoms with Gasteiger partial charge in [0.1, 0.15) is 0 Å². The summed E-state index contributed by atoms with van der Waals surface area (Å²) in [5, 5.41) is 48.0. The molecule has 0 amide bonds. The summed E-state index contributed by atoms with van der Waals surface area (Å²) in [6.07, 6.45) is 6.54. The van der Waals surface area contributed by atoms with E-state index >= 15 is 0 Å². The van der Waals surface area contributed by atoms with Gasteiger partial charge in [0.05, 0.1) is 0 Å². The Labute approximate surface area is 192 Å². The van der Waals surface area contributed by atoms with E-state index in [1.165, 1.54) is 38.0 Å². The van der Waals surface area contributed by atoms with Gasteiger partial charge in [-0.25, -0.2) is 28.8 Å². The normalized spacial score (nSPS) is 19.4. The molecule has 1 unspecified atom stereocenters. The summed E-state index contributed by atoms with van der Waals surface area (Å²) in [5.41, 5.74) is 1.29. The van der Waals surface area contributed by atoms with Crippen LogP contribution in [0.5, 0.6) is 0 Å². The van der Waals surface area contributed by atoms with Crippen LogP contribution in [0.15, 0.2) is 24.5 Å². The van der Waals surface area contributed by atoms with E-state index in [1.807, 2.05) is 18.5 Å². The van der Waals surface area contributed by atoms with Crippen molar-refractivity contribution < 1.29 is 59.4 Å². The second-order valence-electron chi connectivity index (χ2n) is 6.82. The van der Waals surface area contributed by atoms with Gasteiger partial charge in [0.2, 0.25) is 0 Å². The van der Waals surface area contributed by atoms with Crippen molar-refractivity contribution in [2.24, 2.45) is 5.92 Å². The Kier molecular flexibility index (Phi) is 13.8. The molecule has 0 radical (unpaired) electrons. The van der Waals surface area contributed by atoms with Crippen LogP contribution in [0.3, 0.4) is 0 Å². The van der Waals surface area contributed by atoms with Gasteiger partial charge < -0.3 is 40.9 Å². The third-order valence-corrected chi connectivity index (χ3v) is 4.50. The van der Waals surface area contributed by atoms with E-state index in [2.05, 4.69) is 21.3 Å². The van der Waals surface area contributed by atoms with Crippen LogP contribution in [0, 0.1) is 5.92 Å². The average molecular weight is 487 g/mol. The number of hydrogen-bond donors (Lipinski definition) is 7. The van der Waals surface area contributed by atoms with Gasteiger partial charge in [-0.05, 0) is 43.5 Å². The number of nitrogens with one attached hydrogen (secondary N) is 1. The second-order valence-corrected chi connectivity index (χ2v) is 6.82. The number of carbonyl (C=O) groups is 6. The van der Waals surface area contributed by atoms with Gasteiger partial charge in [-0.3, -0.25) is 4.98 Å². The molecule has 15 nitrogen and oxygen atoms in total. The van der Waals surface area contributed by atoms with Crippen LogP contribution >= 0.6 is 0 Å². The van der Waals surface area contributed by atoms with Gasteiger partial charge in [-0.1, -0.05) is 6.07 Å². The molecule has 2 bridgehead atoms. The Morgan fingerprint density at radius 2 is 1.26 bits per heavy atom. The van der Waals surface area contributed by atoms with Crippen molar-refractivity contribution in [3.8, 4) is 0 Å². The summed E-state index contributed by atoms with van der Waals surface area (Å²) < 4.78 is 0. The average Bonchev–Trinajstić information content (AvgIpc) is 2.80.